The molecule has 0 radical (unpaired) electrons. The van der Waals surface area contributed by atoms with Crippen LogP contribution in [0.3, 0.4) is 0 Å². The number of hydrogen-bond acceptors (Lipinski definition) is 7. The monoisotopic (exact) mass is 476 g/mol. The van der Waals surface area contributed by atoms with Gasteiger partial charge in [-0.25, -0.2) is 0 Å². The summed E-state index contributed by atoms with van der Waals surface area (Å²) in [5.74, 6) is -1.26. The van der Waals surface area contributed by atoms with Gasteiger partial charge in [0.15, 0.2) is 6.61 Å². The molecule has 1 aliphatic heterocycles. The molecular formula is C24H36N4O6. The normalized spacial score (nSPS) is 15.5. The van der Waals surface area contributed by atoms with Gasteiger partial charge in [-0.3, -0.25) is 24.5 Å². The molecule has 1 saturated heterocycles. The van der Waals surface area contributed by atoms with Crippen molar-refractivity contribution in [3.63, 3.8) is 0 Å². The number of hydrogen-bond donors (Lipinski definition) is 4. The van der Waals surface area contributed by atoms with Gasteiger partial charge in [0, 0.05) is 31.2 Å². The zero-order valence-corrected chi connectivity index (χ0v) is 19.8. The summed E-state index contributed by atoms with van der Waals surface area (Å²) in [6, 6.07) is 4.09. The molecule has 1 atom stereocenters. The van der Waals surface area contributed by atoms with Crippen molar-refractivity contribution in [3.05, 3.63) is 29.3 Å². The van der Waals surface area contributed by atoms with Crippen molar-refractivity contribution in [2.45, 2.75) is 64.0 Å². The molecule has 1 aromatic rings. The van der Waals surface area contributed by atoms with Crippen LogP contribution in [0.25, 0.3) is 0 Å². The molecule has 10 nitrogen and oxygen atoms in total. The lowest BCUT2D eigenvalue weighted by atomic mass is 10.0. The predicted octanol–water partition coefficient (Wildman–Crippen LogP) is 1.16. The smallest absolute Gasteiger partial charge is 0.257 e. The van der Waals surface area contributed by atoms with Crippen LogP contribution in [0.4, 0.5) is 0 Å². The first-order valence-corrected chi connectivity index (χ1v) is 11.8. The molecule has 10 heteroatoms. The fourth-order valence-electron chi connectivity index (χ4n) is 3.67. The Morgan fingerprint density at radius 2 is 1.85 bits per heavy atom. The van der Waals surface area contributed by atoms with Crippen molar-refractivity contribution < 1.29 is 28.7 Å². The van der Waals surface area contributed by atoms with E-state index < -0.39 is 17.9 Å². The van der Waals surface area contributed by atoms with Gasteiger partial charge in [0.1, 0.15) is 11.8 Å². The number of ether oxygens (including phenoxy) is 2. The van der Waals surface area contributed by atoms with Crippen molar-refractivity contribution >= 4 is 23.6 Å². The van der Waals surface area contributed by atoms with E-state index in [0.717, 1.165) is 45.1 Å². The third-order valence-corrected chi connectivity index (χ3v) is 5.52. The number of piperidine rings is 1. The Morgan fingerprint density at radius 3 is 2.56 bits per heavy atom. The first-order chi connectivity index (χ1) is 16.5. The zero-order chi connectivity index (χ0) is 24.8. The molecular weight excluding hydrogens is 440 g/mol. The van der Waals surface area contributed by atoms with Gasteiger partial charge in [-0.15, -0.1) is 0 Å². The van der Waals surface area contributed by atoms with Crippen LogP contribution in [0.15, 0.2) is 18.2 Å². The molecule has 4 amide bonds. The Labute approximate surface area is 200 Å². The highest BCUT2D eigenvalue weighted by Crippen LogP contribution is 2.24. The minimum atomic E-state index is -0.795. The molecule has 1 aromatic carbocycles. The molecule has 1 fully saturated rings. The summed E-state index contributed by atoms with van der Waals surface area (Å²) in [4.78, 5) is 48.3. The molecule has 34 heavy (non-hydrogen) atoms. The van der Waals surface area contributed by atoms with Crippen LogP contribution >= 0.6 is 0 Å². The average Bonchev–Trinajstić information content (AvgIpc) is 2.82. The SMILES string of the molecule is COCc1c(OCC(=O)NCCCCCCCCN)cccc1C(=O)NC1CCC(=O)NC1=O. The molecule has 1 unspecified atom stereocenters. The van der Waals surface area contributed by atoms with Crippen molar-refractivity contribution in [2.75, 3.05) is 26.8 Å². The Hall–Kier alpha value is -2.98. The first-order valence-electron chi connectivity index (χ1n) is 11.8. The molecule has 0 aliphatic carbocycles. The molecule has 1 heterocycles. The maximum Gasteiger partial charge on any atom is 0.257 e. The summed E-state index contributed by atoms with van der Waals surface area (Å²) < 4.78 is 10.9. The van der Waals surface area contributed by atoms with E-state index >= 15 is 0 Å². The third kappa shape index (κ3) is 9.11. The lowest BCUT2D eigenvalue weighted by Gasteiger charge is -2.22. The standard InChI is InChI=1S/C24H36N4O6/c1-33-15-18-17(23(31)27-19-11-12-21(29)28-24(19)32)9-8-10-20(18)34-16-22(30)26-14-7-5-3-2-4-6-13-25/h8-10,19H,2-7,11-16,25H2,1H3,(H,26,30)(H,27,31)(H,28,29,32). The second-order valence-corrected chi connectivity index (χ2v) is 8.24. The quantitative estimate of drug-likeness (QED) is 0.219. The minimum Gasteiger partial charge on any atom is -0.483 e. The van der Waals surface area contributed by atoms with E-state index in [4.69, 9.17) is 15.2 Å². The van der Waals surface area contributed by atoms with Crippen LogP contribution in [0.5, 0.6) is 5.75 Å². The largest absolute Gasteiger partial charge is 0.483 e. The van der Waals surface area contributed by atoms with Gasteiger partial charge in [-0.05, 0) is 37.9 Å². The van der Waals surface area contributed by atoms with Crippen LogP contribution in [-0.4, -0.2) is 56.5 Å². The molecule has 0 bridgehead atoms. The van der Waals surface area contributed by atoms with E-state index in [-0.39, 0.29) is 43.4 Å². The van der Waals surface area contributed by atoms with E-state index in [1.165, 1.54) is 7.11 Å². The second-order valence-electron chi connectivity index (χ2n) is 8.24. The zero-order valence-electron chi connectivity index (χ0n) is 19.8. The molecule has 0 saturated carbocycles. The van der Waals surface area contributed by atoms with Gasteiger partial charge in [0.2, 0.25) is 11.8 Å². The summed E-state index contributed by atoms with van der Waals surface area (Å²) in [6.45, 7) is 1.21. The van der Waals surface area contributed by atoms with Crippen molar-refractivity contribution in [3.8, 4) is 5.75 Å². The average molecular weight is 477 g/mol. The Balaban J connectivity index is 1.86. The topological polar surface area (TPSA) is 149 Å². The highest BCUT2D eigenvalue weighted by molar-refractivity contribution is 6.04. The van der Waals surface area contributed by atoms with E-state index in [2.05, 4.69) is 16.0 Å². The van der Waals surface area contributed by atoms with Gasteiger partial charge < -0.3 is 25.8 Å². The van der Waals surface area contributed by atoms with Gasteiger partial charge in [-0.2, -0.15) is 0 Å². The van der Waals surface area contributed by atoms with Gasteiger partial charge >= 0.3 is 0 Å². The summed E-state index contributed by atoms with van der Waals surface area (Å²) in [5.41, 5.74) is 6.23. The van der Waals surface area contributed by atoms with Crippen molar-refractivity contribution in [2.24, 2.45) is 5.73 Å². The van der Waals surface area contributed by atoms with Crippen LogP contribution in [0.1, 0.15) is 67.3 Å². The van der Waals surface area contributed by atoms with E-state index in [1.54, 1.807) is 18.2 Å². The van der Waals surface area contributed by atoms with Crippen LogP contribution in [0.2, 0.25) is 0 Å². The number of carbonyl (C=O) groups is 4. The lowest BCUT2D eigenvalue weighted by Crippen LogP contribution is -2.52. The fraction of sp³-hybridized carbons (Fsp3) is 0.583. The fourth-order valence-corrected chi connectivity index (χ4v) is 3.67. The number of imide groups is 1. The number of unbranched alkanes of at least 4 members (excludes halogenated alkanes) is 5. The van der Waals surface area contributed by atoms with Crippen LogP contribution in [0, 0.1) is 0 Å². The summed E-state index contributed by atoms with van der Waals surface area (Å²) in [6.07, 6.45) is 6.83. The van der Waals surface area contributed by atoms with Gasteiger partial charge in [0.05, 0.1) is 6.61 Å². The number of nitrogens with one attached hydrogen (secondary N) is 3. The number of methoxy groups -OCH3 is 1. The highest BCUT2D eigenvalue weighted by Gasteiger charge is 2.29. The van der Waals surface area contributed by atoms with E-state index in [0.29, 0.717) is 17.9 Å². The van der Waals surface area contributed by atoms with Crippen molar-refractivity contribution in [1.82, 2.24) is 16.0 Å². The molecule has 2 rings (SSSR count). The van der Waals surface area contributed by atoms with Crippen LogP contribution in [-0.2, 0) is 25.7 Å². The van der Waals surface area contributed by atoms with Crippen molar-refractivity contribution in [1.29, 1.82) is 0 Å². The second kappa shape index (κ2) is 15.0. The molecule has 1 aliphatic rings. The maximum atomic E-state index is 12.8. The Morgan fingerprint density at radius 1 is 1.12 bits per heavy atom. The predicted molar refractivity (Wildman–Crippen MR) is 126 cm³/mol. The Bertz CT molecular complexity index is 845. The number of benzene rings is 1. The summed E-state index contributed by atoms with van der Waals surface area (Å²) in [5, 5.41) is 7.71. The molecule has 188 valence electrons. The summed E-state index contributed by atoms with van der Waals surface area (Å²) in [7, 11) is 1.49. The third-order valence-electron chi connectivity index (χ3n) is 5.52. The number of amides is 4. The maximum absolute atomic E-state index is 12.8. The number of nitrogens with two attached hydrogens (primary N) is 1. The minimum absolute atomic E-state index is 0.0834. The number of rotatable bonds is 15. The van der Waals surface area contributed by atoms with E-state index in [1.807, 2.05) is 0 Å². The molecule has 0 aromatic heterocycles. The first kappa shape index (κ1) is 27.3. The number of carbonyl (C=O) groups excluding carboxylic acids is 4. The Kier molecular flexibility index (Phi) is 12.0. The lowest BCUT2D eigenvalue weighted by molar-refractivity contribution is -0.134. The molecule has 5 N–H and O–H groups in total. The van der Waals surface area contributed by atoms with E-state index in [9.17, 15) is 19.2 Å². The molecule has 0 spiro atoms. The van der Waals surface area contributed by atoms with Gasteiger partial charge in [-0.1, -0.05) is 31.7 Å². The van der Waals surface area contributed by atoms with Crippen LogP contribution < -0.4 is 26.4 Å². The van der Waals surface area contributed by atoms with Gasteiger partial charge in [0.25, 0.3) is 11.8 Å². The highest BCUT2D eigenvalue weighted by atomic mass is 16.5. The summed E-state index contributed by atoms with van der Waals surface area (Å²) >= 11 is 0.